The normalized spacial score (nSPS) is 18.7. The van der Waals surface area contributed by atoms with Gasteiger partial charge in [0.15, 0.2) is 0 Å². The molecule has 2 fully saturated rings. The number of aromatic amines is 1. The lowest BCUT2D eigenvalue weighted by Gasteiger charge is -2.36. The molecule has 2 aliphatic heterocycles. The van der Waals surface area contributed by atoms with Gasteiger partial charge >= 0.3 is 0 Å². The summed E-state index contributed by atoms with van der Waals surface area (Å²) in [6, 6.07) is 10.4. The zero-order valence-corrected chi connectivity index (χ0v) is 18.0. The highest BCUT2D eigenvalue weighted by Crippen LogP contribution is 2.27. The van der Waals surface area contributed by atoms with E-state index in [1.54, 1.807) is 25.3 Å². The van der Waals surface area contributed by atoms with Crippen molar-refractivity contribution in [3.63, 3.8) is 0 Å². The molecule has 2 saturated heterocycles. The van der Waals surface area contributed by atoms with Crippen LogP contribution < -0.4 is 10.5 Å². The van der Waals surface area contributed by atoms with E-state index in [-0.39, 0.29) is 5.69 Å². The van der Waals surface area contributed by atoms with Crippen molar-refractivity contribution in [1.82, 2.24) is 29.9 Å². The van der Waals surface area contributed by atoms with Crippen molar-refractivity contribution >= 4 is 16.9 Å². The van der Waals surface area contributed by atoms with Crippen molar-refractivity contribution in [3.8, 4) is 16.9 Å². The molecule has 0 saturated carbocycles. The number of hydrogen-bond acceptors (Lipinski definition) is 7. The third kappa shape index (κ3) is 3.38. The predicted molar refractivity (Wildman–Crippen MR) is 121 cm³/mol. The number of nitrogens with zero attached hydrogens (tertiary/aromatic N) is 6. The first-order valence-corrected chi connectivity index (χ1v) is 10.9. The molecule has 1 unspecified atom stereocenters. The number of para-hydroxylation sites is 1. The van der Waals surface area contributed by atoms with Gasteiger partial charge < -0.3 is 9.64 Å². The van der Waals surface area contributed by atoms with Crippen molar-refractivity contribution < 1.29 is 9.13 Å². The molecule has 6 rings (SSSR count). The molecule has 3 aromatic heterocycles. The summed E-state index contributed by atoms with van der Waals surface area (Å²) in [4.78, 5) is 21.9. The van der Waals surface area contributed by atoms with Crippen LogP contribution in [0.2, 0.25) is 0 Å². The van der Waals surface area contributed by atoms with Gasteiger partial charge in [-0.25, -0.2) is 9.37 Å². The standard InChI is InChI=1S/C23H22FN7O2/c1-14-3-2-4-17(24)23(14)31-20(32)9-18-22(28-31)21(27-26-18)15-5-6-19(25-10-15)29-7-8-30-13-33-12-16(30)11-29/h2-6,9-10,16,26H,7-8,11-13H2,1H3. The number of aromatic nitrogens is 5. The van der Waals surface area contributed by atoms with Gasteiger partial charge in [0.2, 0.25) is 0 Å². The molecule has 9 nitrogen and oxygen atoms in total. The van der Waals surface area contributed by atoms with Crippen molar-refractivity contribution in [1.29, 1.82) is 0 Å². The molecule has 4 aromatic rings. The molecule has 0 aliphatic carbocycles. The van der Waals surface area contributed by atoms with Gasteiger partial charge in [0.1, 0.15) is 28.5 Å². The smallest absolute Gasteiger partial charge is 0.273 e. The molecule has 5 heterocycles. The Hall–Kier alpha value is -3.63. The summed E-state index contributed by atoms with van der Waals surface area (Å²) < 4.78 is 21.2. The van der Waals surface area contributed by atoms with Gasteiger partial charge in [0, 0.05) is 37.5 Å². The van der Waals surface area contributed by atoms with Gasteiger partial charge in [-0.15, -0.1) is 0 Å². The average molecular weight is 447 g/mol. The van der Waals surface area contributed by atoms with Crippen LogP contribution in [-0.2, 0) is 4.74 Å². The summed E-state index contributed by atoms with van der Waals surface area (Å²) in [6.45, 7) is 5.94. The Kier molecular flexibility index (Phi) is 4.70. The van der Waals surface area contributed by atoms with Crippen LogP contribution in [0.1, 0.15) is 5.56 Å². The Morgan fingerprint density at radius 1 is 1.21 bits per heavy atom. The molecule has 10 heteroatoms. The Morgan fingerprint density at radius 2 is 2.12 bits per heavy atom. The van der Waals surface area contributed by atoms with E-state index >= 15 is 0 Å². The quantitative estimate of drug-likeness (QED) is 0.514. The fourth-order valence-corrected chi connectivity index (χ4v) is 4.59. The van der Waals surface area contributed by atoms with Crippen molar-refractivity contribution in [3.05, 3.63) is 64.3 Å². The Morgan fingerprint density at radius 3 is 2.94 bits per heavy atom. The van der Waals surface area contributed by atoms with Crippen LogP contribution in [0, 0.1) is 12.7 Å². The van der Waals surface area contributed by atoms with Gasteiger partial charge in [-0.2, -0.15) is 14.9 Å². The number of benzene rings is 1. The first-order chi connectivity index (χ1) is 16.1. The first kappa shape index (κ1) is 20.0. The number of nitrogens with one attached hydrogen (secondary N) is 1. The molecule has 1 atom stereocenters. The van der Waals surface area contributed by atoms with Crippen molar-refractivity contribution in [2.24, 2.45) is 0 Å². The summed E-state index contributed by atoms with van der Waals surface area (Å²) in [5.41, 5.74) is 2.60. The highest BCUT2D eigenvalue weighted by atomic mass is 19.1. The fourth-order valence-electron chi connectivity index (χ4n) is 4.59. The summed E-state index contributed by atoms with van der Waals surface area (Å²) in [6.07, 6.45) is 1.76. The minimum Gasteiger partial charge on any atom is -0.364 e. The number of anilines is 1. The fraction of sp³-hybridized carbons (Fsp3) is 0.304. The van der Waals surface area contributed by atoms with Crippen molar-refractivity contribution in [2.45, 2.75) is 13.0 Å². The molecule has 1 aromatic carbocycles. The van der Waals surface area contributed by atoms with E-state index in [0.717, 1.165) is 42.3 Å². The molecule has 168 valence electrons. The topological polar surface area (TPSA) is 92.2 Å². The minimum absolute atomic E-state index is 0.139. The number of pyridine rings is 1. The lowest BCUT2D eigenvalue weighted by atomic mass is 10.1. The molecule has 0 spiro atoms. The van der Waals surface area contributed by atoms with E-state index in [2.05, 4.69) is 30.1 Å². The Bertz CT molecular complexity index is 1380. The van der Waals surface area contributed by atoms with Gasteiger partial charge in [-0.3, -0.25) is 14.8 Å². The largest absolute Gasteiger partial charge is 0.364 e. The monoisotopic (exact) mass is 447 g/mol. The second-order valence-corrected chi connectivity index (χ2v) is 8.45. The summed E-state index contributed by atoms with van der Waals surface area (Å²) in [5.74, 6) is 0.393. The lowest BCUT2D eigenvalue weighted by Crippen LogP contribution is -2.51. The first-order valence-electron chi connectivity index (χ1n) is 10.9. The Labute approximate surface area is 188 Å². The van der Waals surface area contributed by atoms with Gasteiger partial charge in [0.25, 0.3) is 5.56 Å². The highest BCUT2D eigenvalue weighted by molar-refractivity contribution is 5.89. The predicted octanol–water partition coefficient (Wildman–Crippen LogP) is 2.10. The number of halogens is 1. The van der Waals surface area contributed by atoms with E-state index in [1.165, 1.54) is 12.1 Å². The number of aryl methyl sites for hydroxylation is 1. The molecule has 33 heavy (non-hydrogen) atoms. The highest BCUT2D eigenvalue weighted by Gasteiger charge is 2.31. The van der Waals surface area contributed by atoms with Gasteiger partial charge in [0.05, 0.1) is 24.9 Å². The maximum absolute atomic E-state index is 14.5. The lowest BCUT2D eigenvalue weighted by molar-refractivity contribution is 0.136. The van der Waals surface area contributed by atoms with Crippen molar-refractivity contribution in [2.75, 3.05) is 37.9 Å². The van der Waals surface area contributed by atoms with Crippen LogP contribution in [0.4, 0.5) is 10.2 Å². The molecule has 1 N–H and O–H groups in total. The molecule has 0 bridgehead atoms. The summed E-state index contributed by atoms with van der Waals surface area (Å²) >= 11 is 0. The van der Waals surface area contributed by atoms with Crippen LogP contribution in [0.5, 0.6) is 0 Å². The van der Waals surface area contributed by atoms with Gasteiger partial charge in [-0.05, 0) is 30.7 Å². The van der Waals surface area contributed by atoms with Crippen LogP contribution in [0.25, 0.3) is 28.0 Å². The van der Waals surface area contributed by atoms with E-state index in [1.807, 2.05) is 12.1 Å². The van der Waals surface area contributed by atoms with Crippen LogP contribution >= 0.6 is 0 Å². The van der Waals surface area contributed by atoms with Crippen LogP contribution in [-0.4, -0.2) is 68.9 Å². The average Bonchev–Trinajstić information content (AvgIpc) is 3.45. The number of H-pyrrole nitrogens is 1. The number of rotatable bonds is 3. The number of fused-ring (bicyclic) bond motifs is 2. The molecular weight excluding hydrogens is 425 g/mol. The van der Waals surface area contributed by atoms with Gasteiger partial charge in [-0.1, -0.05) is 12.1 Å². The minimum atomic E-state index is -0.507. The number of hydrogen-bond donors (Lipinski definition) is 1. The van der Waals surface area contributed by atoms with E-state index in [9.17, 15) is 9.18 Å². The summed E-state index contributed by atoms with van der Waals surface area (Å²) in [7, 11) is 0. The van der Waals surface area contributed by atoms with E-state index < -0.39 is 11.4 Å². The second-order valence-electron chi connectivity index (χ2n) is 8.45. The summed E-state index contributed by atoms with van der Waals surface area (Å²) in [5, 5.41) is 11.7. The maximum Gasteiger partial charge on any atom is 0.273 e. The third-order valence-electron chi connectivity index (χ3n) is 6.36. The Balaban J connectivity index is 1.35. The molecular formula is C23H22FN7O2. The molecule has 0 radical (unpaired) electrons. The van der Waals surface area contributed by atoms with Crippen LogP contribution in [0.3, 0.4) is 0 Å². The second kappa shape index (κ2) is 7.75. The molecule has 2 aliphatic rings. The van der Waals surface area contributed by atoms with Crippen LogP contribution in [0.15, 0.2) is 47.4 Å². The zero-order chi connectivity index (χ0) is 22.5. The van der Waals surface area contributed by atoms with E-state index in [4.69, 9.17) is 4.74 Å². The number of ether oxygens (including phenoxy) is 1. The van der Waals surface area contributed by atoms with E-state index in [0.29, 0.717) is 35.1 Å². The SMILES string of the molecule is Cc1cccc(F)c1-n1nc2c(-c3ccc(N4CCN5COCC5C4)nc3)n[nH]c2cc1=O. The third-order valence-corrected chi connectivity index (χ3v) is 6.36. The zero-order valence-electron chi connectivity index (χ0n) is 18.0. The maximum atomic E-state index is 14.5. The number of piperazine rings is 1. The molecule has 0 amide bonds.